The Hall–Kier alpha value is -3.76. The number of aromatic nitrogens is 4. The van der Waals surface area contributed by atoms with Gasteiger partial charge in [-0.15, -0.1) is 11.8 Å². The van der Waals surface area contributed by atoms with Crippen LogP contribution in [0.5, 0.6) is 0 Å². The van der Waals surface area contributed by atoms with Gasteiger partial charge in [0.25, 0.3) is 0 Å². The average Bonchev–Trinajstić information content (AvgIpc) is 3.79. The van der Waals surface area contributed by atoms with E-state index in [1.807, 2.05) is 6.26 Å². The highest BCUT2D eigenvalue weighted by molar-refractivity contribution is 7.98. The Labute approximate surface area is 206 Å². The van der Waals surface area contributed by atoms with E-state index < -0.39 is 11.9 Å². The van der Waals surface area contributed by atoms with E-state index in [0.29, 0.717) is 28.6 Å². The Balaban J connectivity index is 0.000000196. The lowest BCUT2D eigenvalue weighted by Gasteiger charge is -2.09. The number of esters is 2. The van der Waals surface area contributed by atoms with Crippen molar-refractivity contribution in [1.82, 2.24) is 19.9 Å². The fourth-order valence-corrected chi connectivity index (χ4v) is 3.72. The van der Waals surface area contributed by atoms with Gasteiger partial charge in [-0.3, -0.25) is 0 Å². The van der Waals surface area contributed by atoms with E-state index in [-0.39, 0.29) is 17.4 Å². The van der Waals surface area contributed by atoms with E-state index in [2.05, 4.69) is 47.9 Å². The molecule has 0 amide bonds. The third-order valence-electron chi connectivity index (χ3n) is 5.25. The van der Waals surface area contributed by atoms with Crippen LogP contribution in [0.25, 0.3) is 22.6 Å². The van der Waals surface area contributed by atoms with E-state index in [1.54, 1.807) is 6.08 Å². The molecule has 2 fully saturated rings. The van der Waals surface area contributed by atoms with Gasteiger partial charge in [-0.2, -0.15) is 0 Å². The Morgan fingerprint density at radius 1 is 0.943 bits per heavy atom. The number of rotatable bonds is 8. The van der Waals surface area contributed by atoms with Crippen molar-refractivity contribution in [3.05, 3.63) is 57.8 Å². The molecule has 182 valence electrons. The fourth-order valence-electron chi connectivity index (χ4n) is 3.14. The maximum absolute atomic E-state index is 11.7. The zero-order valence-electron chi connectivity index (χ0n) is 19.7. The van der Waals surface area contributed by atoms with Crippen LogP contribution in [0.4, 0.5) is 5.82 Å². The molecule has 2 saturated carbocycles. The van der Waals surface area contributed by atoms with Crippen molar-refractivity contribution in [2.24, 2.45) is 5.11 Å². The first-order valence-electron chi connectivity index (χ1n) is 10.8. The molecule has 2 aromatic heterocycles. The number of hydrogen-bond donors (Lipinski definition) is 0. The van der Waals surface area contributed by atoms with Gasteiger partial charge in [-0.1, -0.05) is 25.3 Å². The summed E-state index contributed by atoms with van der Waals surface area (Å²) >= 11 is 1.49. The molecule has 0 aromatic carbocycles. The molecule has 2 aromatic rings. The molecule has 11 nitrogen and oxygen atoms in total. The topological polar surface area (TPSA) is 153 Å². The zero-order chi connectivity index (χ0) is 25.5. The number of hydrogen-bond acceptors (Lipinski definition) is 10. The summed E-state index contributed by atoms with van der Waals surface area (Å²) in [5.41, 5.74) is 9.89. The monoisotopic (exact) mass is 495 g/mol. The summed E-state index contributed by atoms with van der Waals surface area (Å²) in [5.74, 6) is 1.000. The normalized spacial score (nSPS) is 14.0. The van der Waals surface area contributed by atoms with Gasteiger partial charge in [0.05, 0.1) is 14.2 Å². The van der Waals surface area contributed by atoms with Gasteiger partial charge in [0.15, 0.2) is 11.4 Å². The maximum atomic E-state index is 11.7. The Morgan fingerprint density at radius 3 is 1.83 bits per heavy atom. The summed E-state index contributed by atoms with van der Waals surface area (Å²) in [4.78, 5) is 43.2. The minimum absolute atomic E-state index is 0.0896. The first-order chi connectivity index (χ1) is 16.9. The molecule has 0 saturated heterocycles. The van der Waals surface area contributed by atoms with E-state index in [0.717, 1.165) is 36.5 Å². The Bertz CT molecular complexity index is 1220. The van der Waals surface area contributed by atoms with Gasteiger partial charge in [0, 0.05) is 27.9 Å². The second-order valence-corrected chi connectivity index (χ2v) is 8.45. The molecule has 0 N–H and O–H groups in total. The summed E-state index contributed by atoms with van der Waals surface area (Å²) in [6.07, 6.45) is 9.06. The van der Waals surface area contributed by atoms with Crippen LogP contribution in [-0.4, -0.2) is 52.3 Å². The van der Waals surface area contributed by atoms with Crippen molar-refractivity contribution >= 4 is 41.7 Å². The predicted molar refractivity (Wildman–Crippen MR) is 131 cm³/mol. The molecule has 0 bridgehead atoms. The van der Waals surface area contributed by atoms with Crippen molar-refractivity contribution in [1.29, 1.82) is 0 Å². The molecule has 0 atom stereocenters. The average molecular weight is 496 g/mol. The van der Waals surface area contributed by atoms with E-state index >= 15 is 0 Å². The van der Waals surface area contributed by atoms with Crippen LogP contribution in [0, 0.1) is 0 Å². The van der Waals surface area contributed by atoms with Crippen molar-refractivity contribution in [2.75, 3.05) is 20.5 Å². The molecule has 4 rings (SSSR count). The lowest BCUT2D eigenvalue weighted by Crippen LogP contribution is -2.11. The molecule has 0 spiro atoms. The SMILES string of the molecule is C=Cc1c(N=[N+]=[N-])nc(C2CC2)nc1C(=O)OC.C=Cc1c(SC)nc(C2CC2)nc1C(=O)OC. The van der Waals surface area contributed by atoms with Crippen molar-refractivity contribution < 1.29 is 19.1 Å². The van der Waals surface area contributed by atoms with Crippen LogP contribution in [-0.2, 0) is 9.47 Å². The summed E-state index contributed by atoms with van der Waals surface area (Å²) < 4.78 is 9.40. The summed E-state index contributed by atoms with van der Waals surface area (Å²) in [7, 11) is 2.62. The van der Waals surface area contributed by atoms with Crippen LogP contribution >= 0.6 is 11.8 Å². The standard InChI is InChI=1S/C12H14N2O2S.C11H11N5O2/c1-4-8-9(12(15)16-2)13-10(7-5-6-7)14-11(8)17-3;1-3-7-8(11(17)18-2)13-9(6-4-5-6)14-10(7)15-16-12/h4,7H,1,5-6H2,2-3H3;3,6H,1,4-5H2,2H3. The smallest absolute Gasteiger partial charge is 0.357 e. The van der Waals surface area contributed by atoms with Crippen LogP contribution < -0.4 is 0 Å². The number of azide groups is 1. The quantitative estimate of drug-likeness (QED) is 0.120. The largest absolute Gasteiger partial charge is 0.464 e. The van der Waals surface area contributed by atoms with Gasteiger partial charge in [-0.05, 0) is 42.6 Å². The number of nitrogens with zero attached hydrogens (tertiary/aromatic N) is 7. The van der Waals surface area contributed by atoms with Crippen LogP contribution in [0.3, 0.4) is 0 Å². The molecule has 35 heavy (non-hydrogen) atoms. The molecular formula is C23H25N7O4S. The summed E-state index contributed by atoms with van der Waals surface area (Å²) in [6.45, 7) is 7.28. The fraction of sp³-hybridized carbons (Fsp3) is 0.391. The van der Waals surface area contributed by atoms with Gasteiger partial charge in [0.2, 0.25) is 0 Å². The minimum atomic E-state index is -0.594. The molecule has 2 aliphatic rings. The third-order valence-corrected chi connectivity index (χ3v) is 5.95. The number of carbonyl (C=O) groups excluding carboxylic acids is 2. The van der Waals surface area contributed by atoms with Crippen LogP contribution in [0.15, 0.2) is 23.3 Å². The molecule has 2 aliphatic carbocycles. The maximum Gasteiger partial charge on any atom is 0.357 e. The van der Waals surface area contributed by atoms with Crippen LogP contribution in [0.2, 0.25) is 0 Å². The van der Waals surface area contributed by atoms with Crippen molar-refractivity contribution in [2.45, 2.75) is 42.5 Å². The summed E-state index contributed by atoms with van der Waals surface area (Å²) in [6, 6.07) is 0. The lowest BCUT2D eigenvalue weighted by molar-refractivity contribution is 0.0584. The third kappa shape index (κ3) is 6.03. The molecule has 0 aliphatic heterocycles. The molecule has 12 heteroatoms. The lowest BCUT2D eigenvalue weighted by atomic mass is 10.2. The number of methoxy groups -OCH3 is 2. The number of ether oxygens (including phenoxy) is 2. The zero-order valence-corrected chi connectivity index (χ0v) is 20.5. The second kappa shape index (κ2) is 11.6. The molecule has 0 unspecified atom stereocenters. The first kappa shape index (κ1) is 25.9. The molecular weight excluding hydrogens is 470 g/mol. The summed E-state index contributed by atoms with van der Waals surface area (Å²) in [5, 5.41) is 4.27. The van der Waals surface area contributed by atoms with E-state index in [4.69, 9.17) is 10.3 Å². The second-order valence-electron chi connectivity index (χ2n) is 7.65. The van der Waals surface area contributed by atoms with Crippen molar-refractivity contribution in [3.63, 3.8) is 0 Å². The Kier molecular flexibility index (Phi) is 8.56. The highest BCUT2D eigenvalue weighted by Gasteiger charge is 2.30. The number of carbonyl (C=O) groups is 2. The Morgan fingerprint density at radius 2 is 1.43 bits per heavy atom. The molecule has 0 radical (unpaired) electrons. The highest BCUT2D eigenvalue weighted by atomic mass is 32.2. The van der Waals surface area contributed by atoms with Gasteiger partial charge < -0.3 is 9.47 Å². The minimum Gasteiger partial charge on any atom is -0.464 e. The van der Waals surface area contributed by atoms with Crippen molar-refractivity contribution in [3.8, 4) is 0 Å². The highest BCUT2D eigenvalue weighted by Crippen LogP contribution is 2.40. The van der Waals surface area contributed by atoms with Crippen LogP contribution in [0.1, 0.15) is 81.3 Å². The first-order valence-corrected chi connectivity index (χ1v) is 12.0. The van der Waals surface area contributed by atoms with Gasteiger partial charge >= 0.3 is 11.9 Å². The van der Waals surface area contributed by atoms with Gasteiger partial charge in [-0.25, -0.2) is 29.5 Å². The van der Waals surface area contributed by atoms with E-state index in [9.17, 15) is 9.59 Å². The van der Waals surface area contributed by atoms with E-state index in [1.165, 1.54) is 32.1 Å². The predicted octanol–water partition coefficient (Wildman–Crippen LogP) is 5.23. The number of thioether (sulfide) groups is 1. The molecule has 2 heterocycles. The van der Waals surface area contributed by atoms with Gasteiger partial charge in [0.1, 0.15) is 22.5 Å².